The number of pyridine rings is 1. The molecule has 2 aromatic carbocycles. The van der Waals surface area contributed by atoms with Gasteiger partial charge in [-0.15, -0.1) is 0 Å². The monoisotopic (exact) mass is 503 g/mol. The van der Waals surface area contributed by atoms with Crippen LogP contribution < -0.4 is 41.0 Å². The Labute approximate surface area is 206 Å². The molecular formula is C24H21N7O4S+2. The zero-order valence-electron chi connectivity index (χ0n) is 19.3. The van der Waals surface area contributed by atoms with Crippen LogP contribution in [0, 0.1) is 12.0 Å². The second kappa shape index (κ2) is 9.44. The summed E-state index contributed by atoms with van der Waals surface area (Å²) < 4.78 is 30.1. The fraction of sp³-hybridized carbons (Fsp3) is 0.0833. The Bertz CT molecular complexity index is 1750. The first kappa shape index (κ1) is 24.3. The van der Waals surface area contributed by atoms with Gasteiger partial charge in [-0.2, -0.15) is 0 Å². The largest absolute Gasteiger partial charge is 0.537 e. The molecule has 0 spiro atoms. The first-order valence-electron chi connectivity index (χ1n) is 10.4. The number of aromatic nitrogens is 1. The molecule has 1 aliphatic heterocycles. The van der Waals surface area contributed by atoms with E-state index in [2.05, 4.69) is 26.9 Å². The molecule has 3 aromatic rings. The maximum absolute atomic E-state index is 12.6. The Morgan fingerprint density at radius 1 is 1.08 bits per heavy atom. The highest BCUT2D eigenvalue weighted by molar-refractivity contribution is 7.89. The van der Waals surface area contributed by atoms with E-state index in [1.54, 1.807) is 4.58 Å². The number of fused-ring (bicyclic) bond motifs is 1. The molecule has 0 radical (unpaired) electrons. The van der Waals surface area contributed by atoms with E-state index < -0.39 is 21.8 Å². The van der Waals surface area contributed by atoms with E-state index in [4.69, 9.17) is 10.9 Å². The zero-order valence-corrected chi connectivity index (χ0v) is 20.1. The van der Waals surface area contributed by atoms with Crippen molar-refractivity contribution in [3.8, 4) is 12.0 Å². The van der Waals surface area contributed by atoms with E-state index in [0.717, 1.165) is 17.2 Å². The number of anilines is 2. The zero-order chi connectivity index (χ0) is 26.0. The second-order valence-electron chi connectivity index (χ2n) is 7.93. The van der Waals surface area contributed by atoms with E-state index in [0.29, 0.717) is 5.36 Å². The Hall–Kier alpha value is -4.82. The van der Waals surface area contributed by atoms with Gasteiger partial charge in [0.1, 0.15) is 10.7 Å². The smallest absolute Gasteiger partial charge is 0.377 e. The Morgan fingerprint density at radius 3 is 2.42 bits per heavy atom. The molecule has 11 nitrogen and oxygen atoms in total. The summed E-state index contributed by atoms with van der Waals surface area (Å²) in [5.41, 5.74) is 6.72. The van der Waals surface area contributed by atoms with Crippen LogP contribution in [0.25, 0.3) is 0 Å². The third kappa shape index (κ3) is 5.13. The number of amides is 2. The first-order valence-corrected chi connectivity index (χ1v) is 12.0. The van der Waals surface area contributed by atoms with Crippen LogP contribution in [0.1, 0.15) is 26.3 Å². The number of nitrogens with one attached hydrogen (secondary N) is 1. The maximum Gasteiger partial charge on any atom is 0.537 e. The number of carbonyl (C=O) groups is 2. The number of benzene rings is 2. The summed E-state index contributed by atoms with van der Waals surface area (Å²) in [7, 11) is -0.306. The summed E-state index contributed by atoms with van der Waals surface area (Å²) in [5, 5.41) is 9.35. The van der Waals surface area contributed by atoms with Crippen molar-refractivity contribution in [1.29, 1.82) is 0 Å². The van der Waals surface area contributed by atoms with Crippen molar-refractivity contribution in [3.05, 3.63) is 82.1 Å². The molecule has 0 saturated heterocycles. The summed E-state index contributed by atoms with van der Waals surface area (Å²) in [6.45, 7) is 0. The van der Waals surface area contributed by atoms with Crippen LogP contribution in [0.3, 0.4) is 0 Å². The van der Waals surface area contributed by atoms with Crippen LogP contribution in [0.2, 0.25) is 0 Å². The summed E-state index contributed by atoms with van der Waals surface area (Å²) >= 11 is 0. The van der Waals surface area contributed by atoms with Gasteiger partial charge in [-0.1, -0.05) is 0 Å². The maximum atomic E-state index is 12.6. The minimum atomic E-state index is -4.14. The van der Waals surface area contributed by atoms with Gasteiger partial charge in [0.05, 0.1) is 17.8 Å². The van der Waals surface area contributed by atoms with E-state index in [1.165, 1.54) is 36.7 Å². The highest BCUT2D eigenvalue weighted by Gasteiger charge is 2.21. The number of sulfonamides is 1. The molecule has 0 aliphatic carbocycles. The predicted molar refractivity (Wildman–Crippen MR) is 134 cm³/mol. The highest BCUT2D eigenvalue weighted by Crippen LogP contribution is 2.17. The van der Waals surface area contributed by atoms with Gasteiger partial charge in [0.25, 0.3) is 5.91 Å². The van der Waals surface area contributed by atoms with Crippen molar-refractivity contribution in [2.24, 2.45) is 10.9 Å². The van der Waals surface area contributed by atoms with Crippen molar-refractivity contribution >= 4 is 39.7 Å². The van der Waals surface area contributed by atoms with Gasteiger partial charge in [0, 0.05) is 42.9 Å². The average molecular weight is 504 g/mol. The normalized spacial score (nSPS) is 11.7. The summed E-state index contributed by atoms with van der Waals surface area (Å²) in [6.07, 6.45) is 2.55. The number of carbonyl (C=O) groups excluding carboxylic acids is 2. The molecular weight excluding hydrogens is 482 g/mol. The third-order valence-corrected chi connectivity index (χ3v) is 6.14. The molecule has 0 fully saturated rings. The number of primary sulfonamides is 1. The van der Waals surface area contributed by atoms with E-state index >= 15 is 0 Å². The minimum Gasteiger partial charge on any atom is -0.377 e. The Balaban J connectivity index is 1.68. The van der Waals surface area contributed by atoms with Crippen LogP contribution in [0.5, 0.6) is 0 Å². The number of nitrogens with two attached hydrogens (primary N) is 2. The van der Waals surface area contributed by atoms with Crippen molar-refractivity contribution in [2.75, 3.05) is 24.3 Å². The minimum absolute atomic E-state index is 0.0404. The number of rotatable bonds is 5. The molecule has 1 aromatic heterocycles. The molecule has 0 saturated carbocycles. The van der Waals surface area contributed by atoms with Gasteiger partial charge in [-0.3, -0.25) is 9.59 Å². The van der Waals surface area contributed by atoms with Gasteiger partial charge in [-0.05, 0) is 45.6 Å². The van der Waals surface area contributed by atoms with E-state index in [1.807, 2.05) is 37.2 Å². The lowest BCUT2D eigenvalue weighted by molar-refractivity contribution is 0.0995. The molecule has 0 unspecified atom stereocenters. The van der Waals surface area contributed by atoms with Gasteiger partial charge in [0.2, 0.25) is 22.0 Å². The summed E-state index contributed by atoms with van der Waals surface area (Å²) in [4.78, 5) is 29.4. The highest BCUT2D eigenvalue weighted by atomic mass is 32.2. The standard InChI is InChI=1S/C24H19N7O4S/c1-30(2)18-7-8-20-19(12-18)28-14-31(20)10-9-17-11-22(27-13-21(17)36(26,34)35)29-24(33)16-5-3-15(4-6-16)23(25)32/h3-8,11-14H,1-2H3,(H3-2,25,26,27,29,32,33,34,35)/p+2. The SMILES string of the molecule is CN(C)c1ccc2c(c1)=[N+]=C[N+]=2C#Cc1cc(NC(=O)c2ccc(C(N)=O)cc2)ncc1S(N)(=O)=O. The fourth-order valence-corrected chi connectivity index (χ4v) is 3.91. The molecule has 5 N–H and O–H groups in total. The lowest BCUT2D eigenvalue weighted by atomic mass is 10.1. The van der Waals surface area contributed by atoms with Gasteiger partial charge in [-0.25, -0.2) is 18.5 Å². The van der Waals surface area contributed by atoms with E-state index in [9.17, 15) is 18.0 Å². The molecule has 36 heavy (non-hydrogen) atoms. The van der Waals surface area contributed by atoms with Gasteiger partial charge < -0.3 is 16.0 Å². The molecule has 4 rings (SSSR count). The number of hydrogen-bond donors (Lipinski definition) is 3. The third-order valence-electron chi connectivity index (χ3n) is 5.21. The molecule has 12 heteroatoms. The number of primary amides is 1. The quantitative estimate of drug-likeness (QED) is 0.215. The van der Waals surface area contributed by atoms with Crippen LogP contribution in [0.15, 0.2) is 59.6 Å². The number of nitrogens with zero attached hydrogens (tertiary/aromatic N) is 4. The van der Waals surface area contributed by atoms with Gasteiger partial charge >= 0.3 is 17.1 Å². The lowest BCUT2D eigenvalue weighted by Crippen LogP contribution is -2.33. The average Bonchev–Trinajstić information content (AvgIpc) is 3.24. The molecule has 0 bridgehead atoms. The van der Waals surface area contributed by atoms with Crippen LogP contribution >= 0.6 is 0 Å². The first-order chi connectivity index (χ1) is 17.0. The molecule has 0 atom stereocenters. The van der Waals surface area contributed by atoms with E-state index in [-0.39, 0.29) is 27.4 Å². The summed E-state index contributed by atoms with van der Waals surface area (Å²) in [5.74, 6) is 1.70. The topological polar surface area (TPSA) is 166 Å². The lowest BCUT2D eigenvalue weighted by Gasteiger charge is -2.09. The fourth-order valence-electron chi connectivity index (χ4n) is 3.30. The molecule has 2 amide bonds. The predicted octanol–water partition coefficient (Wildman–Crippen LogP) is -1.62. The van der Waals surface area contributed by atoms with Crippen molar-refractivity contribution < 1.29 is 18.0 Å². The van der Waals surface area contributed by atoms with Crippen LogP contribution in [-0.4, -0.2) is 45.7 Å². The van der Waals surface area contributed by atoms with Crippen molar-refractivity contribution in [1.82, 2.24) is 14.2 Å². The van der Waals surface area contributed by atoms with Crippen LogP contribution in [0.4, 0.5) is 11.5 Å². The Kier molecular flexibility index (Phi) is 6.37. The molecule has 180 valence electrons. The van der Waals surface area contributed by atoms with Gasteiger partial charge in [0.15, 0.2) is 0 Å². The van der Waals surface area contributed by atoms with Crippen molar-refractivity contribution in [3.63, 3.8) is 0 Å². The summed E-state index contributed by atoms with van der Waals surface area (Å²) in [6, 6.07) is 15.5. The molecule has 1 aliphatic rings. The van der Waals surface area contributed by atoms with Crippen molar-refractivity contribution in [2.45, 2.75) is 4.90 Å². The Morgan fingerprint density at radius 2 is 1.78 bits per heavy atom. The van der Waals surface area contributed by atoms with Crippen LogP contribution in [-0.2, 0) is 10.0 Å². The second-order valence-corrected chi connectivity index (χ2v) is 9.46. The molecule has 2 heterocycles. The number of hydrogen-bond acceptors (Lipinski definition) is 6.